The van der Waals surface area contributed by atoms with Crippen LogP contribution in [0.25, 0.3) is 0 Å². The van der Waals surface area contributed by atoms with Gasteiger partial charge in [-0.3, -0.25) is 4.79 Å². The fourth-order valence-electron chi connectivity index (χ4n) is 1.00. The van der Waals surface area contributed by atoms with Crippen molar-refractivity contribution in [3.8, 4) is 0 Å². The number of oxime groups is 1. The van der Waals surface area contributed by atoms with Gasteiger partial charge in [0, 0.05) is 0 Å². The van der Waals surface area contributed by atoms with E-state index in [2.05, 4.69) is 10.5 Å². The van der Waals surface area contributed by atoms with Gasteiger partial charge in [-0.05, 0) is 12.1 Å². The molecule has 16 heavy (non-hydrogen) atoms. The van der Waals surface area contributed by atoms with E-state index < -0.39 is 5.91 Å². The summed E-state index contributed by atoms with van der Waals surface area (Å²) in [5.74, 6) is -0.661. The molecule has 0 unspecified atom stereocenters. The third-order valence-electron chi connectivity index (χ3n) is 1.70. The standard InChI is InChI=1S/C9H9Cl2N3O2/c10-5-2-1-3-6(11)9(5)13-8(15)4-7(12)14-16/h1-3,16H,4H2,(H2,12,14)(H,13,15). The number of carbonyl (C=O) groups is 1. The second-order valence-corrected chi connectivity index (χ2v) is 3.73. The fourth-order valence-corrected chi connectivity index (χ4v) is 1.49. The summed E-state index contributed by atoms with van der Waals surface area (Å²) in [7, 11) is 0. The summed E-state index contributed by atoms with van der Waals surface area (Å²) in [6.45, 7) is 0. The molecule has 0 atom stereocenters. The van der Waals surface area contributed by atoms with Gasteiger partial charge in [0.05, 0.1) is 22.2 Å². The van der Waals surface area contributed by atoms with Crippen LogP contribution >= 0.6 is 23.2 Å². The van der Waals surface area contributed by atoms with Gasteiger partial charge in [0.1, 0.15) is 5.84 Å². The zero-order chi connectivity index (χ0) is 12.1. The highest BCUT2D eigenvalue weighted by Gasteiger charge is 2.10. The van der Waals surface area contributed by atoms with Crippen molar-refractivity contribution in [2.45, 2.75) is 6.42 Å². The lowest BCUT2D eigenvalue weighted by Crippen LogP contribution is -2.22. The van der Waals surface area contributed by atoms with Crippen LogP contribution in [0.3, 0.4) is 0 Å². The number of anilines is 1. The van der Waals surface area contributed by atoms with Crippen LogP contribution in [0.1, 0.15) is 6.42 Å². The summed E-state index contributed by atoms with van der Waals surface area (Å²) in [5.41, 5.74) is 5.48. The Hall–Kier alpha value is -1.46. The van der Waals surface area contributed by atoms with Crippen molar-refractivity contribution >= 4 is 40.6 Å². The van der Waals surface area contributed by atoms with Gasteiger partial charge < -0.3 is 16.3 Å². The molecule has 0 fully saturated rings. The quantitative estimate of drug-likeness (QED) is 0.337. The van der Waals surface area contributed by atoms with Crippen LogP contribution in [-0.2, 0) is 4.79 Å². The van der Waals surface area contributed by atoms with Gasteiger partial charge in [-0.25, -0.2) is 0 Å². The molecule has 0 aliphatic heterocycles. The highest BCUT2D eigenvalue weighted by molar-refractivity contribution is 6.39. The Bertz CT molecular complexity index is 415. The number of hydrogen-bond acceptors (Lipinski definition) is 3. The molecule has 1 aromatic rings. The predicted octanol–water partition coefficient (Wildman–Crippen LogP) is 2.07. The number of nitrogens with zero attached hydrogens (tertiary/aromatic N) is 1. The van der Waals surface area contributed by atoms with E-state index in [1.165, 1.54) is 0 Å². The Labute approximate surface area is 102 Å². The third kappa shape index (κ3) is 3.29. The van der Waals surface area contributed by atoms with Crippen LogP contribution in [0.5, 0.6) is 0 Å². The molecular weight excluding hydrogens is 253 g/mol. The van der Waals surface area contributed by atoms with E-state index in [4.69, 9.17) is 34.1 Å². The zero-order valence-electron chi connectivity index (χ0n) is 8.08. The monoisotopic (exact) mass is 261 g/mol. The molecule has 1 amide bonds. The second-order valence-electron chi connectivity index (χ2n) is 2.91. The molecular formula is C9H9Cl2N3O2. The topological polar surface area (TPSA) is 87.7 Å². The van der Waals surface area contributed by atoms with Crippen molar-refractivity contribution in [1.29, 1.82) is 0 Å². The highest BCUT2D eigenvalue weighted by atomic mass is 35.5. The lowest BCUT2D eigenvalue weighted by atomic mass is 10.3. The summed E-state index contributed by atoms with van der Waals surface area (Å²) in [6, 6.07) is 4.84. The van der Waals surface area contributed by atoms with Crippen LogP contribution in [0, 0.1) is 0 Å². The number of carbonyl (C=O) groups excluding carboxylic acids is 1. The van der Waals surface area contributed by atoms with Crippen molar-refractivity contribution in [3.05, 3.63) is 28.2 Å². The van der Waals surface area contributed by atoms with Crippen molar-refractivity contribution in [3.63, 3.8) is 0 Å². The molecule has 0 saturated carbocycles. The molecule has 0 radical (unpaired) electrons. The molecule has 0 aliphatic rings. The number of rotatable bonds is 3. The van der Waals surface area contributed by atoms with Gasteiger partial charge in [-0.2, -0.15) is 0 Å². The number of para-hydroxylation sites is 1. The Morgan fingerprint density at radius 1 is 1.44 bits per heavy atom. The first-order valence-electron chi connectivity index (χ1n) is 4.25. The molecule has 0 heterocycles. The molecule has 0 aromatic heterocycles. The number of amides is 1. The number of nitrogens with one attached hydrogen (secondary N) is 1. The van der Waals surface area contributed by atoms with Crippen LogP contribution < -0.4 is 11.1 Å². The molecule has 1 rings (SSSR count). The van der Waals surface area contributed by atoms with E-state index in [0.29, 0.717) is 15.7 Å². The van der Waals surface area contributed by atoms with Gasteiger partial charge in [0.2, 0.25) is 5.91 Å². The number of benzene rings is 1. The zero-order valence-corrected chi connectivity index (χ0v) is 9.59. The first-order valence-corrected chi connectivity index (χ1v) is 5.00. The van der Waals surface area contributed by atoms with E-state index in [9.17, 15) is 4.79 Å². The minimum absolute atomic E-state index is 0.194. The molecule has 0 bridgehead atoms. The number of amidine groups is 1. The fraction of sp³-hybridized carbons (Fsp3) is 0.111. The average molecular weight is 262 g/mol. The van der Waals surface area contributed by atoms with Gasteiger partial charge in [0.25, 0.3) is 0 Å². The van der Waals surface area contributed by atoms with Crippen molar-refractivity contribution in [2.24, 2.45) is 10.9 Å². The Morgan fingerprint density at radius 3 is 2.50 bits per heavy atom. The first-order chi connectivity index (χ1) is 7.54. The van der Waals surface area contributed by atoms with Crippen LogP contribution in [0.4, 0.5) is 5.69 Å². The summed E-state index contributed by atoms with van der Waals surface area (Å²) in [5, 5.41) is 14.1. The SMILES string of the molecule is NC(CC(=O)Nc1c(Cl)cccc1Cl)=NO. The number of nitrogens with two attached hydrogens (primary N) is 1. The van der Waals surface area contributed by atoms with E-state index in [-0.39, 0.29) is 12.3 Å². The largest absolute Gasteiger partial charge is 0.409 e. The van der Waals surface area contributed by atoms with Gasteiger partial charge in [-0.1, -0.05) is 34.4 Å². The molecule has 1 aromatic carbocycles. The van der Waals surface area contributed by atoms with Crippen LogP contribution in [-0.4, -0.2) is 17.0 Å². The van der Waals surface area contributed by atoms with E-state index >= 15 is 0 Å². The average Bonchev–Trinajstić information content (AvgIpc) is 2.23. The smallest absolute Gasteiger partial charge is 0.232 e. The van der Waals surface area contributed by atoms with E-state index in [0.717, 1.165) is 0 Å². The summed E-state index contributed by atoms with van der Waals surface area (Å²) in [4.78, 5) is 11.4. The van der Waals surface area contributed by atoms with Gasteiger partial charge in [-0.15, -0.1) is 0 Å². The second kappa shape index (κ2) is 5.58. The van der Waals surface area contributed by atoms with Gasteiger partial charge in [0.15, 0.2) is 0 Å². The Morgan fingerprint density at radius 2 is 2.00 bits per heavy atom. The van der Waals surface area contributed by atoms with E-state index in [1.807, 2.05) is 0 Å². The number of hydrogen-bond donors (Lipinski definition) is 3. The van der Waals surface area contributed by atoms with Crippen LogP contribution in [0.2, 0.25) is 10.0 Å². The summed E-state index contributed by atoms with van der Waals surface area (Å²) >= 11 is 11.7. The predicted molar refractivity (Wildman–Crippen MR) is 63.1 cm³/mol. The van der Waals surface area contributed by atoms with Crippen molar-refractivity contribution in [1.82, 2.24) is 0 Å². The highest BCUT2D eigenvalue weighted by Crippen LogP contribution is 2.29. The summed E-state index contributed by atoms with van der Waals surface area (Å²) < 4.78 is 0. The molecule has 4 N–H and O–H groups in total. The molecule has 7 heteroatoms. The van der Waals surface area contributed by atoms with Crippen LogP contribution in [0.15, 0.2) is 23.4 Å². The molecule has 0 spiro atoms. The number of halogens is 2. The lowest BCUT2D eigenvalue weighted by Gasteiger charge is -2.08. The van der Waals surface area contributed by atoms with E-state index in [1.54, 1.807) is 18.2 Å². The molecule has 86 valence electrons. The Kier molecular flexibility index (Phi) is 4.39. The molecule has 0 saturated heterocycles. The maximum Gasteiger partial charge on any atom is 0.232 e. The first kappa shape index (κ1) is 12.6. The minimum Gasteiger partial charge on any atom is -0.409 e. The lowest BCUT2D eigenvalue weighted by molar-refractivity contribution is -0.115. The normalized spacial score (nSPS) is 11.2. The van der Waals surface area contributed by atoms with Gasteiger partial charge >= 0.3 is 0 Å². The third-order valence-corrected chi connectivity index (χ3v) is 2.33. The van der Waals surface area contributed by atoms with Crippen molar-refractivity contribution in [2.75, 3.05) is 5.32 Å². The minimum atomic E-state index is -0.467. The summed E-state index contributed by atoms with van der Waals surface area (Å²) in [6.07, 6.45) is -0.238. The molecule has 0 aliphatic carbocycles. The maximum absolute atomic E-state index is 11.4. The maximum atomic E-state index is 11.4. The molecule has 5 nitrogen and oxygen atoms in total. The van der Waals surface area contributed by atoms with Crippen molar-refractivity contribution < 1.29 is 10.0 Å². The Balaban J connectivity index is 2.77.